The van der Waals surface area contributed by atoms with Crippen LogP contribution in [0.5, 0.6) is 11.5 Å². The third kappa shape index (κ3) is 5.26. The molecule has 2 heterocycles. The molecule has 10 heteroatoms. The number of methoxy groups -OCH3 is 3. The largest absolute Gasteiger partial charge is 0.496 e. The Labute approximate surface area is 216 Å². The van der Waals surface area contributed by atoms with E-state index < -0.39 is 11.8 Å². The van der Waals surface area contributed by atoms with Crippen LogP contribution in [0.15, 0.2) is 48.5 Å². The second kappa shape index (κ2) is 11.6. The summed E-state index contributed by atoms with van der Waals surface area (Å²) >= 11 is 0. The van der Waals surface area contributed by atoms with Crippen LogP contribution in [-0.2, 0) is 14.3 Å². The zero-order valence-corrected chi connectivity index (χ0v) is 21.4. The first-order valence-electron chi connectivity index (χ1n) is 12.3. The molecule has 2 fully saturated rings. The number of amides is 3. The van der Waals surface area contributed by atoms with Gasteiger partial charge in [-0.15, -0.1) is 0 Å². The zero-order valence-electron chi connectivity index (χ0n) is 21.4. The lowest BCUT2D eigenvalue weighted by atomic mass is 9.96. The summed E-state index contributed by atoms with van der Waals surface area (Å²) in [6.07, 6.45) is 0.716. The van der Waals surface area contributed by atoms with Crippen molar-refractivity contribution in [1.82, 2.24) is 15.1 Å². The molecular formula is C27H33N3O7. The summed E-state index contributed by atoms with van der Waals surface area (Å²) in [4.78, 5) is 43.5. The smallest absolute Gasteiger partial charge is 0.261 e. The monoisotopic (exact) mass is 511 g/mol. The van der Waals surface area contributed by atoms with Crippen molar-refractivity contribution in [1.29, 1.82) is 0 Å². The van der Waals surface area contributed by atoms with Gasteiger partial charge in [0.2, 0.25) is 5.91 Å². The number of carbonyl (C=O) groups excluding carboxylic acids is 3. The van der Waals surface area contributed by atoms with Crippen LogP contribution in [0.3, 0.4) is 0 Å². The van der Waals surface area contributed by atoms with Crippen molar-refractivity contribution in [3.05, 3.63) is 59.7 Å². The Morgan fingerprint density at radius 3 is 2.19 bits per heavy atom. The average molecular weight is 512 g/mol. The minimum atomic E-state index is -1.00. The Bertz CT molecular complexity index is 1090. The summed E-state index contributed by atoms with van der Waals surface area (Å²) in [5.41, 5.74) is -0.180. The molecule has 3 amide bonds. The molecule has 2 aliphatic rings. The minimum absolute atomic E-state index is 0.0751. The van der Waals surface area contributed by atoms with Gasteiger partial charge in [0.05, 0.1) is 27.4 Å². The first-order chi connectivity index (χ1) is 18.0. The molecule has 0 radical (unpaired) electrons. The number of carbonyl (C=O) groups is 3. The van der Waals surface area contributed by atoms with E-state index in [1.165, 1.54) is 14.2 Å². The van der Waals surface area contributed by atoms with Gasteiger partial charge < -0.3 is 29.2 Å². The third-order valence-electron chi connectivity index (χ3n) is 6.88. The van der Waals surface area contributed by atoms with E-state index in [0.717, 1.165) is 0 Å². The lowest BCUT2D eigenvalue weighted by Crippen LogP contribution is -2.60. The molecule has 1 N–H and O–H groups in total. The third-order valence-corrected chi connectivity index (χ3v) is 6.88. The zero-order chi connectivity index (χ0) is 26.4. The van der Waals surface area contributed by atoms with Crippen LogP contribution in [0.2, 0.25) is 0 Å². The summed E-state index contributed by atoms with van der Waals surface area (Å²) in [6, 6.07) is 13.2. The number of hydrogen-bond donors (Lipinski definition) is 1. The maximum atomic E-state index is 13.7. The number of nitrogens with zero attached hydrogens (tertiary/aromatic N) is 2. The van der Waals surface area contributed by atoms with Crippen molar-refractivity contribution in [2.24, 2.45) is 0 Å². The first kappa shape index (κ1) is 26.4. The number of piperidine rings is 1. The summed E-state index contributed by atoms with van der Waals surface area (Å²) in [5, 5.41) is 2.83. The maximum absolute atomic E-state index is 13.7. The predicted octanol–water partition coefficient (Wildman–Crippen LogP) is 1.94. The van der Waals surface area contributed by atoms with E-state index in [0.29, 0.717) is 61.7 Å². The Morgan fingerprint density at radius 1 is 0.946 bits per heavy atom. The molecule has 0 bridgehead atoms. The van der Waals surface area contributed by atoms with Crippen LogP contribution in [0.25, 0.3) is 0 Å². The summed E-state index contributed by atoms with van der Waals surface area (Å²) in [5.74, 6) is 0.0504. The number of benzene rings is 2. The van der Waals surface area contributed by atoms with Crippen molar-refractivity contribution in [2.45, 2.75) is 24.6 Å². The van der Waals surface area contributed by atoms with E-state index in [4.69, 9.17) is 18.9 Å². The lowest BCUT2D eigenvalue weighted by molar-refractivity contribution is -0.128. The number of likely N-dealkylation sites (tertiary alicyclic amines) is 1. The summed E-state index contributed by atoms with van der Waals surface area (Å²) < 4.78 is 22.1. The van der Waals surface area contributed by atoms with Gasteiger partial charge in [0.25, 0.3) is 11.8 Å². The van der Waals surface area contributed by atoms with E-state index in [1.807, 2.05) is 6.07 Å². The van der Waals surface area contributed by atoms with Crippen LogP contribution in [0, 0.1) is 0 Å². The lowest BCUT2D eigenvalue weighted by Gasteiger charge is -2.44. The highest BCUT2D eigenvalue weighted by atomic mass is 16.5. The molecule has 198 valence electrons. The second-order valence-electron chi connectivity index (χ2n) is 8.93. The van der Waals surface area contributed by atoms with Gasteiger partial charge in [0.1, 0.15) is 28.8 Å². The summed E-state index contributed by atoms with van der Waals surface area (Å²) in [6.45, 7) is 1.43. The maximum Gasteiger partial charge on any atom is 0.261 e. The van der Waals surface area contributed by atoms with Crippen LogP contribution < -0.4 is 14.8 Å². The molecule has 37 heavy (non-hydrogen) atoms. The van der Waals surface area contributed by atoms with Gasteiger partial charge in [-0.05, 0) is 24.3 Å². The van der Waals surface area contributed by atoms with E-state index in [-0.39, 0.29) is 24.3 Å². The van der Waals surface area contributed by atoms with Crippen molar-refractivity contribution >= 4 is 17.7 Å². The highest BCUT2D eigenvalue weighted by molar-refractivity contribution is 6.00. The van der Waals surface area contributed by atoms with Crippen molar-refractivity contribution in [3.8, 4) is 11.5 Å². The van der Waals surface area contributed by atoms with Crippen LogP contribution >= 0.6 is 0 Å². The fourth-order valence-corrected chi connectivity index (χ4v) is 4.96. The quantitative estimate of drug-likeness (QED) is 0.540. The van der Waals surface area contributed by atoms with Crippen molar-refractivity contribution in [2.75, 3.05) is 54.2 Å². The SMILES string of the molecule is COCCNC(=O)[C@H]1COC2(CCN(C(=O)c3c(OC)cccc3OC)CC2)N1C(=O)c1ccccc1. The van der Waals surface area contributed by atoms with E-state index >= 15 is 0 Å². The van der Waals surface area contributed by atoms with Gasteiger partial charge in [0.15, 0.2) is 0 Å². The highest BCUT2D eigenvalue weighted by Crippen LogP contribution is 2.39. The van der Waals surface area contributed by atoms with Gasteiger partial charge in [-0.3, -0.25) is 19.3 Å². The van der Waals surface area contributed by atoms with Gasteiger partial charge in [-0.1, -0.05) is 24.3 Å². The van der Waals surface area contributed by atoms with Gasteiger partial charge in [0, 0.05) is 45.1 Å². The molecule has 1 atom stereocenters. The van der Waals surface area contributed by atoms with Gasteiger partial charge in [-0.25, -0.2) is 0 Å². The highest BCUT2D eigenvalue weighted by Gasteiger charge is 2.54. The van der Waals surface area contributed by atoms with Gasteiger partial charge in [-0.2, -0.15) is 0 Å². The molecule has 2 aromatic carbocycles. The average Bonchev–Trinajstić information content (AvgIpc) is 3.31. The Balaban J connectivity index is 1.57. The molecule has 0 saturated carbocycles. The van der Waals surface area contributed by atoms with Crippen LogP contribution in [0.4, 0.5) is 0 Å². The molecule has 0 aromatic heterocycles. The summed E-state index contributed by atoms with van der Waals surface area (Å²) in [7, 11) is 4.57. The van der Waals surface area contributed by atoms with Crippen LogP contribution in [0.1, 0.15) is 33.6 Å². The normalized spacial score (nSPS) is 18.5. The number of nitrogens with one attached hydrogen (secondary N) is 1. The van der Waals surface area contributed by atoms with E-state index in [1.54, 1.807) is 59.4 Å². The Morgan fingerprint density at radius 2 is 1.59 bits per heavy atom. The number of ether oxygens (including phenoxy) is 4. The van der Waals surface area contributed by atoms with Crippen molar-refractivity contribution in [3.63, 3.8) is 0 Å². The molecule has 4 rings (SSSR count). The molecule has 2 saturated heterocycles. The molecule has 0 aliphatic carbocycles. The fourth-order valence-electron chi connectivity index (χ4n) is 4.96. The Hall–Kier alpha value is -3.63. The Kier molecular flexibility index (Phi) is 8.30. The topological polar surface area (TPSA) is 107 Å². The minimum Gasteiger partial charge on any atom is -0.496 e. The fraction of sp³-hybridized carbons (Fsp3) is 0.444. The standard InChI is InChI=1S/C27H33N3O7/c1-34-17-14-28-24(31)20-18-37-27(30(20)25(32)19-8-5-4-6-9-19)12-15-29(16-13-27)26(33)23-21(35-2)10-7-11-22(23)36-3/h4-11,20H,12-18H2,1-3H3,(H,28,31)/t20-/m1/s1. The number of rotatable bonds is 8. The molecule has 0 unspecified atom stereocenters. The molecule has 2 aromatic rings. The second-order valence-corrected chi connectivity index (χ2v) is 8.93. The molecule has 10 nitrogen and oxygen atoms in total. The van der Waals surface area contributed by atoms with Crippen LogP contribution in [-0.4, -0.2) is 93.5 Å². The van der Waals surface area contributed by atoms with E-state index in [9.17, 15) is 14.4 Å². The number of hydrogen-bond acceptors (Lipinski definition) is 7. The molecular weight excluding hydrogens is 478 g/mol. The van der Waals surface area contributed by atoms with Crippen molar-refractivity contribution < 1.29 is 33.3 Å². The predicted molar refractivity (Wildman–Crippen MR) is 135 cm³/mol. The molecule has 1 spiro atoms. The molecule has 2 aliphatic heterocycles. The van der Waals surface area contributed by atoms with E-state index in [2.05, 4.69) is 5.32 Å². The van der Waals surface area contributed by atoms with Gasteiger partial charge >= 0.3 is 0 Å². The first-order valence-corrected chi connectivity index (χ1v) is 12.3.